The monoisotopic (exact) mass is 862 g/mol. The van der Waals surface area contributed by atoms with E-state index in [1.165, 1.54) is 212 Å². The second kappa shape index (κ2) is 51.2. The fraction of sp³-hybridized carbons (Fsp3) is 0.927. The average Bonchev–Trinajstić information content (AvgIpc) is 3.26. The number of hydrogen-bond donors (Lipinski definition) is 3. The lowest BCUT2D eigenvalue weighted by Gasteiger charge is -2.22. The van der Waals surface area contributed by atoms with Crippen LogP contribution >= 0.6 is 0 Å². The molecule has 0 radical (unpaired) electrons. The first-order chi connectivity index (χ1) is 30.0. The van der Waals surface area contributed by atoms with Gasteiger partial charge < -0.3 is 20.3 Å². The van der Waals surface area contributed by atoms with E-state index < -0.39 is 12.1 Å². The van der Waals surface area contributed by atoms with Crippen molar-refractivity contribution in [2.24, 2.45) is 0 Å². The van der Waals surface area contributed by atoms with Crippen molar-refractivity contribution in [3.8, 4) is 0 Å². The molecule has 0 saturated heterocycles. The molecule has 0 saturated carbocycles. The topological polar surface area (TPSA) is 95.9 Å². The Morgan fingerprint density at radius 3 is 1.16 bits per heavy atom. The molecule has 0 bridgehead atoms. The van der Waals surface area contributed by atoms with Crippen molar-refractivity contribution in [3.63, 3.8) is 0 Å². The van der Waals surface area contributed by atoms with Crippen molar-refractivity contribution in [2.75, 3.05) is 13.2 Å². The third kappa shape index (κ3) is 47.9. The Morgan fingerprint density at radius 2 is 0.770 bits per heavy atom. The molecule has 6 nitrogen and oxygen atoms in total. The molecule has 2 atom stereocenters. The highest BCUT2D eigenvalue weighted by Crippen LogP contribution is 2.17. The summed E-state index contributed by atoms with van der Waals surface area (Å²) >= 11 is 0. The molecule has 3 N–H and O–H groups in total. The van der Waals surface area contributed by atoms with Crippen LogP contribution in [-0.2, 0) is 14.3 Å². The molecule has 0 fully saturated rings. The highest BCUT2D eigenvalue weighted by Gasteiger charge is 2.20. The summed E-state index contributed by atoms with van der Waals surface area (Å²) in [6.45, 7) is 4.91. The van der Waals surface area contributed by atoms with Crippen LogP contribution in [0.4, 0.5) is 0 Å². The number of amides is 1. The van der Waals surface area contributed by atoms with Crippen LogP contribution in [0, 0.1) is 0 Å². The van der Waals surface area contributed by atoms with Gasteiger partial charge in [-0.1, -0.05) is 251 Å². The molecule has 0 aliphatic rings. The van der Waals surface area contributed by atoms with Crippen LogP contribution in [0.5, 0.6) is 0 Å². The zero-order chi connectivity index (χ0) is 44.4. The third-order valence-electron chi connectivity index (χ3n) is 12.8. The van der Waals surface area contributed by atoms with Gasteiger partial charge in [-0.25, -0.2) is 0 Å². The number of aliphatic hydroxyl groups excluding tert-OH is 2. The van der Waals surface area contributed by atoms with E-state index in [2.05, 4.69) is 31.3 Å². The van der Waals surface area contributed by atoms with Crippen molar-refractivity contribution < 1.29 is 24.5 Å². The molecule has 0 aromatic carbocycles. The Hall–Kier alpha value is -1.40. The molecule has 1 amide bonds. The lowest BCUT2D eigenvalue weighted by molar-refractivity contribution is -0.143. The molecule has 6 heteroatoms. The Labute approximate surface area is 380 Å². The maximum absolute atomic E-state index is 12.5. The van der Waals surface area contributed by atoms with Crippen molar-refractivity contribution in [1.82, 2.24) is 5.32 Å². The Morgan fingerprint density at radius 1 is 0.443 bits per heavy atom. The molecular formula is C55H107NO5. The van der Waals surface area contributed by atoms with Crippen LogP contribution < -0.4 is 5.32 Å². The summed E-state index contributed by atoms with van der Waals surface area (Å²) in [6.07, 6.45) is 59.0. The van der Waals surface area contributed by atoms with Crippen LogP contribution in [0.3, 0.4) is 0 Å². The van der Waals surface area contributed by atoms with E-state index in [1.54, 1.807) is 0 Å². The SMILES string of the molecule is CCCCCCCC/C=C\CCCCCCCCCC(=O)OCCCCCCCCCCCCC(=O)NC(CO)C(O)CCCCCCCCCCCCCCCCCCC. The molecule has 0 spiro atoms. The number of rotatable bonds is 51. The number of carbonyl (C=O) groups is 2. The number of hydrogen-bond acceptors (Lipinski definition) is 5. The maximum Gasteiger partial charge on any atom is 0.305 e. The van der Waals surface area contributed by atoms with Crippen LogP contribution in [0.2, 0.25) is 0 Å². The summed E-state index contributed by atoms with van der Waals surface area (Å²) in [4.78, 5) is 24.5. The van der Waals surface area contributed by atoms with E-state index in [1.807, 2.05) is 0 Å². The number of unbranched alkanes of at least 4 members (excludes halogenated alkanes) is 38. The molecule has 0 aromatic heterocycles. The Kier molecular flexibility index (Phi) is 50.1. The number of nitrogens with one attached hydrogen (secondary N) is 1. The van der Waals surface area contributed by atoms with Crippen LogP contribution in [0.15, 0.2) is 12.2 Å². The van der Waals surface area contributed by atoms with Gasteiger partial charge in [0.1, 0.15) is 0 Å². The second-order valence-corrected chi connectivity index (χ2v) is 18.9. The first-order valence-corrected chi connectivity index (χ1v) is 27.4. The van der Waals surface area contributed by atoms with Gasteiger partial charge >= 0.3 is 5.97 Å². The summed E-state index contributed by atoms with van der Waals surface area (Å²) in [5.74, 6) is -0.0770. The van der Waals surface area contributed by atoms with Gasteiger partial charge in [0.05, 0.1) is 25.4 Å². The highest BCUT2D eigenvalue weighted by atomic mass is 16.5. The standard InChI is InChI=1S/C55H107NO5/c1-3-5-7-9-11-13-15-17-19-21-23-25-27-31-35-39-43-47-53(58)52(51-57)56-54(59)48-44-40-36-32-29-30-34-38-42-46-50-61-55(60)49-45-41-37-33-28-26-24-22-20-18-16-14-12-10-8-6-4-2/h18,20,52-53,57-58H,3-17,19,21-51H2,1-2H3,(H,56,59)/b20-18-. The lowest BCUT2D eigenvalue weighted by atomic mass is 10.0. The second-order valence-electron chi connectivity index (χ2n) is 18.9. The van der Waals surface area contributed by atoms with Crippen LogP contribution in [0.1, 0.15) is 303 Å². The van der Waals surface area contributed by atoms with Gasteiger partial charge in [-0.05, 0) is 51.4 Å². The lowest BCUT2D eigenvalue weighted by Crippen LogP contribution is -2.45. The molecule has 0 heterocycles. The minimum Gasteiger partial charge on any atom is -0.466 e. The smallest absolute Gasteiger partial charge is 0.305 e. The van der Waals surface area contributed by atoms with Crippen molar-refractivity contribution >= 4 is 11.9 Å². The summed E-state index contributed by atoms with van der Waals surface area (Å²) in [5.41, 5.74) is 0. The summed E-state index contributed by atoms with van der Waals surface area (Å²) in [5, 5.41) is 23.3. The molecule has 2 unspecified atom stereocenters. The number of aliphatic hydroxyl groups is 2. The first kappa shape index (κ1) is 59.6. The molecule has 0 aromatic rings. The number of allylic oxidation sites excluding steroid dienone is 2. The van der Waals surface area contributed by atoms with Gasteiger partial charge in [-0.15, -0.1) is 0 Å². The van der Waals surface area contributed by atoms with Gasteiger partial charge in [-0.2, -0.15) is 0 Å². The predicted octanol–water partition coefficient (Wildman–Crippen LogP) is 16.5. The molecule has 61 heavy (non-hydrogen) atoms. The van der Waals surface area contributed by atoms with Crippen LogP contribution in [0.25, 0.3) is 0 Å². The maximum atomic E-state index is 12.5. The van der Waals surface area contributed by atoms with Gasteiger partial charge in [0.25, 0.3) is 0 Å². The molecule has 0 aliphatic carbocycles. The Bertz CT molecular complexity index is 909. The Balaban J connectivity index is 3.46. The average molecular weight is 862 g/mol. The van der Waals surface area contributed by atoms with Crippen molar-refractivity contribution in [2.45, 2.75) is 315 Å². The van der Waals surface area contributed by atoms with Crippen molar-refractivity contribution in [1.29, 1.82) is 0 Å². The zero-order valence-electron chi connectivity index (χ0n) is 41.2. The largest absolute Gasteiger partial charge is 0.466 e. The minimum atomic E-state index is -0.678. The van der Waals surface area contributed by atoms with E-state index in [0.29, 0.717) is 25.9 Å². The fourth-order valence-electron chi connectivity index (χ4n) is 8.58. The van der Waals surface area contributed by atoms with Gasteiger partial charge in [0, 0.05) is 12.8 Å². The van der Waals surface area contributed by atoms with Gasteiger partial charge in [0.2, 0.25) is 5.91 Å². The molecule has 0 aliphatic heterocycles. The van der Waals surface area contributed by atoms with Crippen LogP contribution in [-0.4, -0.2) is 47.4 Å². The zero-order valence-corrected chi connectivity index (χ0v) is 41.2. The van der Waals surface area contributed by atoms with E-state index in [9.17, 15) is 19.8 Å². The molecule has 0 rings (SSSR count). The van der Waals surface area contributed by atoms with Crippen molar-refractivity contribution in [3.05, 3.63) is 12.2 Å². The number of esters is 1. The predicted molar refractivity (Wildman–Crippen MR) is 264 cm³/mol. The summed E-state index contributed by atoms with van der Waals surface area (Å²) < 4.78 is 5.47. The highest BCUT2D eigenvalue weighted by molar-refractivity contribution is 5.76. The van der Waals surface area contributed by atoms with E-state index in [-0.39, 0.29) is 18.5 Å². The normalized spacial score (nSPS) is 12.7. The first-order valence-electron chi connectivity index (χ1n) is 27.4. The quantitative estimate of drug-likeness (QED) is 0.0322. The van der Waals surface area contributed by atoms with Gasteiger partial charge in [-0.3, -0.25) is 9.59 Å². The number of ether oxygens (including phenoxy) is 1. The van der Waals surface area contributed by atoms with Gasteiger partial charge in [0.15, 0.2) is 0 Å². The third-order valence-corrected chi connectivity index (χ3v) is 12.8. The van der Waals surface area contributed by atoms with E-state index in [0.717, 1.165) is 57.8 Å². The molecule has 362 valence electrons. The summed E-state index contributed by atoms with van der Waals surface area (Å²) in [6, 6.07) is -0.558. The number of carbonyl (C=O) groups excluding carboxylic acids is 2. The van der Waals surface area contributed by atoms with E-state index in [4.69, 9.17) is 4.74 Å². The fourth-order valence-corrected chi connectivity index (χ4v) is 8.58. The van der Waals surface area contributed by atoms with E-state index >= 15 is 0 Å². The minimum absolute atomic E-state index is 0.0214. The summed E-state index contributed by atoms with van der Waals surface area (Å²) in [7, 11) is 0. The molecular weight excluding hydrogens is 755 g/mol.